The fraction of sp³-hybridized carbons (Fsp3) is 0.353. The number of rotatable bonds is 4. The number of benzene rings is 1. The molecule has 1 N–H and O–H groups in total. The van der Waals surface area contributed by atoms with Gasteiger partial charge in [0.2, 0.25) is 0 Å². The van der Waals surface area contributed by atoms with Crippen molar-refractivity contribution in [1.29, 1.82) is 0 Å². The van der Waals surface area contributed by atoms with Gasteiger partial charge in [-0.15, -0.1) is 6.42 Å². The summed E-state index contributed by atoms with van der Waals surface area (Å²) in [6.45, 7) is 10.1. The van der Waals surface area contributed by atoms with Crippen LogP contribution in [0.4, 0.5) is 4.79 Å². The van der Waals surface area contributed by atoms with Gasteiger partial charge in [0, 0.05) is 7.05 Å². The zero-order valence-corrected chi connectivity index (χ0v) is 12.7. The summed E-state index contributed by atoms with van der Waals surface area (Å²) < 4.78 is 0. The fourth-order valence-corrected chi connectivity index (χ4v) is 1.82. The fourth-order valence-electron chi connectivity index (χ4n) is 1.82. The lowest BCUT2D eigenvalue weighted by Crippen LogP contribution is -2.47. The topological polar surface area (TPSA) is 32.3 Å². The maximum absolute atomic E-state index is 12.0. The van der Waals surface area contributed by atoms with Crippen molar-refractivity contribution in [3.63, 3.8) is 0 Å². The molecule has 0 heterocycles. The van der Waals surface area contributed by atoms with Crippen molar-refractivity contribution in [2.24, 2.45) is 0 Å². The lowest BCUT2D eigenvalue weighted by atomic mass is 9.92. The number of hydrogen-bond acceptors (Lipinski definition) is 1. The Morgan fingerprint density at radius 3 is 2.70 bits per heavy atom. The van der Waals surface area contributed by atoms with E-state index in [0.717, 1.165) is 16.7 Å². The van der Waals surface area contributed by atoms with Crippen molar-refractivity contribution in [1.82, 2.24) is 10.2 Å². The minimum atomic E-state index is -0.481. The first-order chi connectivity index (χ1) is 9.27. The van der Waals surface area contributed by atoms with E-state index in [1.54, 1.807) is 7.05 Å². The standard InChI is InChI=1S/C17H22N2O/c1-7-11-19(6)16(20)18-17(4,5)15-10-8-9-14(12-15)13(2)3/h1,8-10,12H,2,11H2,3-6H3,(H,18,20). The molecule has 0 aliphatic rings. The number of carbonyl (C=O) groups is 1. The van der Waals surface area contributed by atoms with Crippen LogP contribution in [0.5, 0.6) is 0 Å². The third kappa shape index (κ3) is 3.89. The molecule has 2 amide bonds. The normalized spacial score (nSPS) is 10.6. The van der Waals surface area contributed by atoms with E-state index >= 15 is 0 Å². The summed E-state index contributed by atoms with van der Waals surface area (Å²) in [5.41, 5.74) is 2.62. The van der Waals surface area contributed by atoms with E-state index in [1.807, 2.05) is 45.0 Å². The highest BCUT2D eigenvalue weighted by molar-refractivity contribution is 5.75. The number of nitrogens with one attached hydrogen (secondary N) is 1. The highest BCUT2D eigenvalue weighted by Gasteiger charge is 2.24. The Morgan fingerprint density at radius 1 is 1.50 bits per heavy atom. The molecule has 0 aromatic heterocycles. The molecular formula is C17H22N2O. The highest BCUT2D eigenvalue weighted by atomic mass is 16.2. The van der Waals surface area contributed by atoms with Gasteiger partial charge in [-0.2, -0.15) is 0 Å². The van der Waals surface area contributed by atoms with Crippen LogP contribution in [0.25, 0.3) is 5.57 Å². The molecule has 0 aliphatic heterocycles. The molecule has 0 saturated heterocycles. The molecule has 3 nitrogen and oxygen atoms in total. The molecule has 0 aliphatic carbocycles. The van der Waals surface area contributed by atoms with Crippen LogP contribution in [-0.2, 0) is 5.54 Å². The zero-order chi connectivity index (χ0) is 15.3. The van der Waals surface area contributed by atoms with Gasteiger partial charge in [-0.1, -0.05) is 36.3 Å². The summed E-state index contributed by atoms with van der Waals surface area (Å²) in [5.74, 6) is 2.45. The SMILES string of the molecule is C#CCN(C)C(=O)NC(C)(C)c1cccc(C(=C)C)c1. The van der Waals surface area contributed by atoms with Crippen molar-refractivity contribution < 1.29 is 4.79 Å². The summed E-state index contributed by atoms with van der Waals surface area (Å²) in [5, 5.41) is 2.99. The van der Waals surface area contributed by atoms with E-state index in [1.165, 1.54) is 4.90 Å². The van der Waals surface area contributed by atoms with Gasteiger partial charge in [0.1, 0.15) is 0 Å². The second-order valence-corrected chi connectivity index (χ2v) is 5.48. The summed E-state index contributed by atoms with van der Waals surface area (Å²) in [4.78, 5) is 13.5. The van der Waals surface area contributed by atoms with Crippen LogP contribution in [0.1, 0.15) is 31.9 Å². The van der Waals surface area contributed by atoms with E-state index < -0.39 is 5.54 Å². The van der Waals surface area contributed by atoms with E-state index in [2.05, 4.69) is 17.8 Å². The Balaban J connectivity index is 2.93. The van der Waals surface area contributed by atoms with E-state index in [9.17, 15) is 4.79 Å². The number of amides is 2. The van der Waals surface area contributed by atoms with Crippen molar-refractivity contribution in [2.45, 2.75) is 26.3 Å². The van der Waals surface area contributed by atoms with Gasteiger partial charge in [0.05, 0.1) is 12.1 Å². The van der Waals surface area contributed by atoms with Crippen LogP contribution in [0.2, 0.25) is 0 Å². The van der Waals surface area contributed by atoms with Gasteiger partial charge < -0.3 is 10.2 Å². The zero-order valence-electron chi connectivity index (χ0n) is 12.7. The minimum Gasteiger partial charge on any atom is -0.329 e. The first kappa shape index (κ1) is 15.8. The van der Waals surface area contributed by atoms with Crippen LogP contribution in [0.3, 0.4) is 0 Å². The monoisotopic (exact) mass is 270 g/mol. The summed E-state index contributed by atoms with van der Waals surface area (Å²) >= 11 is 0. The van der Waals surface area contributed by atoms with Gasteiger partial charge in [-0.05, 0) is 38.0 Å². The summed E-state index contributed by atoms with van der Waals surface area (Å²) in [6.07, 6.45) is 5.21. The molecule has 0 saturated carbocycles. The number of carbonyl (C=O) groups excluding carboxylic acids is 1. The molecule has 106 valence electrons. The molecule has 1 rings (SSSR count). The van der Waals surface area contributed by atoms with E-state index in [4.69, 9.17) is 6.42 Å². The third-order valence-electron chi connectivity index (χ3n) is 3.17. The molecule has 0 atom stereocenters. The first-order valence-corrected chi connectivity index (χ1v) is 6.51. The second-order valence-electron chi connectivity index (χ2n) is 5.48. The Bertz CT molecular complexity index is 552. The summed E-state index contributed by atoms with van der Waals surface area (Å²) in [7, 11) is 1.68. The summed E-state index contributed by atoms with van der Waals surface area (Å²) in [6, 6.07) is 7.83. The quantitative estimate of drug-likeness (QED) is 0.837. The number of hydrogen-bond donors (Lipinski definition) is 1. The van der Waals surface area contributed by atoms with Crippen molar-refractivity contribution in [3.05, 3.63) is 42.0 Å². The smallest absolute Gasteiger partial charge is 0.318 e. The number of nitrogens with zero attached hydrogens (tertiary/aromatic N) is 1. The number of allylic oxidation sites excluding steroid dienone is 1. The molecule has 1 aromatic rings. The molecule has 0 radical (unpaired) electrons. The second kappa shape index (κ2) is 6.29. The van der Waals surface area contributed by atoms with Crippen LogP contribution in [0.15, 0.2) is 30.8 Å². The predicted molar refractivity (Wildman–Crippen MR) is 84.2 cm³/mol. The Hall–Kier alpha value is -2.21. The molecule has 0 spiro atoms. The average Bonchev–Trinajstić information content (AvgIpc) is 2.38. The first-order valence-electron chi connectivity index (χ1n) is 6.51. The maximum atomic E-state index is 12.0. The predicted octanol–water partition coefficient (Wildman–Crippen LogP) is 3.23. The van der Waals surface area contributed by atoms with Crippen LogP contribution in [-0.4, -0.2) is 24.5 Å². The van der Waals surface area contributed by atoms with E-state index in [-0.39, 0.29) is 12.6 Å². The van der Waals surface area contributed by atoms with Gasteiger partial charge in [0.15, 0.2) is 0 Å². The molecule has 3 heteroatoms. The number of terminal acetylenes is 1. The molecule has 20 heavy (non-hydrogen) atoms. The third-order valence-corrected chi connectivity index (χ3v) is 3.17. The Kier molecular flexibility index (Phi) is 4.99. The van der Waals surface area contributed by atoms with Gasteiger partial charge in [0.25, 0.3) is 0 Å². The molecule has 0 unspecified atom stereocenters. The van der Waals surface area contributed by atoms with Crippen molar-refractivity contribution in [2.75, 3.05) is 13.6 Å². The average molecular weight is 270 g/mol. The Morgan fingerprint density at radius 2 is 2.15 bits per heavy atom. The van der Waals surface area contributed by atoms with E-state index in [0.29, 0.717) is 0 Å². The molecule has 0 bridgehead atoms. The van der Waals surface area contributed by atoms with Gasteiger partial charge in [-0.25, -0.2) is 4.79 Å². The van der Waals surface area contributed by atoms with Crippen LogP contribution in [0, 0.1) is 12.3 Å². The minimum absolute atomic E-state index is 0.186. The van der Waals surface area contributed by atoms with Gasteiger partial charge >= 0.3 is 6.03 Å². The lowest BCUT2D eigenvalue weighted by Gasteiger charge is -2.29. The maximum Gasteiger partial charge on any atom is 0.318 e. The highest BCUT2D eigenvalue weighted by Crippen LogP contribution is 2.23. The molecule has 0 fully saturated rings. The van der Waals surface area contributed by atoms with Crippen LogP contribution >= 0.6 is 0 Å². The molecular weight excluding hydrogens is 248 g/mol. The Labute approximate surface area is 121 Å². The number of urea groups is 1. The molecule has 1 aromatic carbocycles. The van der Waals surface area contributed by atoms with Crippen molar-refractivity contribution in [3.8, 4) is 12.3 Å². The van der Waals surface area contributed by atoms with Gasteiger partial charge in [-0.3, -0.25) is 0 Å². The lowest BCUT2D eigenvalue weighted by molar-refractivity contribution is 0.202. The van der Waals surface area contributed by atoms with Crippen molar-refractivity contribution >= 4 is 11.6 Å². The van der Waals surface area contributed by atoms with Crippen LogP contribution < -0.4 is 5.32 Å². The largest absolute Gasteiger partial charge is 0.329 e.